The predicted molar refractivity (Wildman–Crippen MR) is 117 cm³/mol. The van der Waals surface area contributed by atoms with Crippen molar-refractivity contribution >= 4 is 26.9 Å². The fourth-order valence-electron chi connectivity index (χ4n) is 3.06. The van der Waals surface area contributed by atoms with Crippen LogP contribution in [0.2, 0.25) is 0 Å². The van der Waals surface area contributed by atoms with Crippen LogP contribution in [0, 0.1) is 0 Å². The van der Waals surface area contributed by atoms with Gasteiger partial charge in [0.1, 0.15) is 30.0 Å². The average Bonchev–Trinajstić information content (AvgIpc) is 2.74. The van der Waals surface area contributed by atoms with Gasteiger partial charge in [0.25, 0.3) is 0 Å². The first kappa shape index (κ1) is 19.3. The van der Waals surface area contributed by atoms with Gasteiger partial charge in [0, 0.05) is 10.5 Å². The number of aryl methyl sites for hydroxylation is 1. The molecule has 0 saturated carbocycles. The summed E-state index contributed by atoms with van der Waals surface area (Å²) in [7, 11) is 0. The van der Waals surface area contributed by atoms with Crippen LogP contribution in [0.15, 0.2) is 86.7 Å². The summed E-state index contributed by atoms with van der Waals surface area (Å²) in [4.78, 5) is 12.8. The van der Waals surface area contributed by atoms with E-state index in [4.69, 9.17) is 13.9 Å². The molecule has 0 spiro atoms. The number of rotatable bonds is 6. The van der Waals surface area contributed by atoms with Gasteiger partial charge in [0.15, 0.2) is 0 Å². The highest BCUT2D eigenvalue weighted by molar-refractivity contribution is 9.10. The van der Waals surface area contributed by atoms with Crippen molar-refractivity contribution in [1.29, 1.82) is 0 Å². The zero-order valence-corrected chi connectivity index (χ0v) is 17.4. The number of hydrogen-bond acceptors (Lipinski definition) is 4. The Balaban J connectivity index is 1.57. The van der Waals surface area contributed by atoms with Crippen LogP contribution in [-0.2, 0) is 13.0 Å². The lowest BCUT2D eigenvalue weighted by Crippen LogP contribution is -2.06. The summed E-state index contributed by atoms with van der Waals surface area (Å²) in [5.74, 6) is 1.46. The molecule has 4 aromatic rings. The second-order valence-corrected chi connectivity index (χ2v) is 7.48. The molecule has 0 aliphatic carbocycles. The van der Waals surface area contributed by atoms with Crippen LogP contribution in [0.1, 0.15) is 18.1 Å². The molecule has 0 radical (unpaired) electrons. The molecule has 1 heterocycles. The zero-order valence-electron chi connectivity index (χ0n) is 15.9. The number of ether oxygens (including phenoxy) is 2. The number of halogens is 1. The van der Waals surface area contributed by atoms with E-state index in [1.54, 1.807) is 18.2 Å². The molecule has 29 heavy (non-hydrogen) atoms. The van der Waals surface area contributed by atoms with Gasteiger partial charge in [0.2, 0.25) is 11.2 Å². The smallest absolute Gasteiger partial charge is 0.235 e. The molecule has 0 fully saturated rings. The monoisotopic (exact) mass is 450 g/mol. The fourth-order valence-corrected chi connectivity index (χ4v) is 3.51. The van der Waals surface area contributed by atoms with E-state index >= 15 is 0 Å². The second kappa shape index (κ2) is 8.53. The summed E-state index contributed by atoms with van der Waals surface area (Å²) < 4.78 is 18.4. The van der Waals surface area contributed by atoms with E-state index in [1.807, 2.05) is 55.5 Å². The Morgan fingerprint density at radius 2 is 1.83 bits per heavy atom. The van der Waals surface area contributed by atoms with Gasteiger partial charge in [-0.25, -0.2) is 0 Å². The van der Waals surface area contributed by atoms with Crippen LogP contribution in [0.4, 0.5) is 0 Å². The molecule has 5 heteroatoms. The van der Waals surface area contributed by atoms with Crippen molar-refractivity contribution in [1.82, 2.24) is 0 Å². The fraction of sp³-hybridized carbons (Fsp3) is 0.125. The minimum absolute atomic E-state index is 0.168. The molecule has 0 amide bonds. The summed E-state index contributed by atoms with van der Waals surface area (Å²) in [5.41, 5.74) is 2.32. The topological polar surface area (TPSA) is 48.7 Å². The summed E-state index contributed by atoms with van der Waals surface area (Å²) in [6, 6.07) is 20.8. The van der Waals surface area contributed by atoms with Crippen LogP contribution in [-0.4, -0.2) is 0 Å². The maximum Gasteiger partial charge on any atom is 0.235 e. The van der Waals surface area contributed by atoms with Gasteiger partial charge in [-0.05, 0) is 47.9 Å². The van der Waals surface area contributed by atoms with Crippen molar-refractivity contribution in [3.63, 3.8) is 0 Å². The molecule has 0 N–H and O–H groups in total. The van der Waals surface area contributed by atoms with Crippen LogP contribution in [0.25, 0.3) is 11.0 Å². The third kappa shape index (κ3) is 4.35. The van der Waals surface area contributed by atoms with Crippen molar-refractivity contribution < 1.29 is 13.9 Å². The molecule has 1 aromatic heterocycles. The highest BCUT2D eigenvalue weighted by Gasteiger charge is 2.12. The summed E-state index contributed by atoms with van der Waals surface area (Å²) in [6.45, 7) is 2.46. The molecule has 0 bridgehead atoms. The Labute approximate surface area is 176 Å². The summed E-state index contributed by atoms with van der Waals surface area (Å²) in [5, 5.41) is 0.450. The highest BCUT2D eigenvalue weighted by atomic mass is 79.9. The molecular weight excluding hydrogens is 432 g/mol. The number of hydrogen-bond donors (Lipinski definition) is 0. The van der Waals surface area contributed by atoms with E-state index in [0.717, 1.165) is 22.0 Å². The Bertz CT molecular complexity index is 1210. The zero-order chi connectivity index (χ0) is 20.2. The van der Waals surface area contributed by atoms with E-state index in [-0.39, 0.29) is 11.2 Å². The molecule has 4 nitrogen and oxygen atoms in total. The van der Waals surface area contributed by atoms with Crippen molar-refractivity contribution in [2.75, 3.05) is 0 Å². The van der Waals surface area contributed by atoms with Crippen molar-refractivity contribution in [3.8, 4) is 17.2 Å². The lowest BCUT2D eigenvalue weighted by Gasteiger charge is -2.10. The summed E-state index contributed by atoms with van der Waals surface area (Å²) in [6.07, 6.45) is 2.17. The van der Waals surface area contributed by atoms with Crippen molar-refractivity contribution in [2.45, 2.75) is 20.0 Å². The molecule has 0 atom stereocenters. The Hall–Kier alpha value is -3.05. The van der Waals surface area contributed by atoms with Crippen molar-refractivity contribution in [2.24, 2.45) is 0 Å². The minimum Gasteiger partial charge on any atom is -0.489 e. The van der Waals surface area contributed by atoms with Gasteiger partial charge in [-0.3, -0.25) is 4.79 Å². The normalized spacial score (nSPS) is 10.8. The molecule has 0 aliphatic rings. The minimum atomic E-state index is -0.212. The van der Waals surface area contributed by atoms with E-state index in [1.165, 1.54) is 6.26 Å². The van der Waals surface area contributed by atoms with Gasteiger partial charge < -0.3 is 13.9 Å². The van der Waals surface area contributed by atoms with Crippen molar-refractivity contribution in [3.05, 3.63) is 98.8 Å². The second-order valence-electron chi connectivity index (χ2n) is 6.57. The first-order chi connectivity index (χ1) is 14.1. The molecular formula is C24H19BrO4. The molecule has 4 rings (SSSR count). The third-order valence-corrected chi connectivity index (χ3v) is 5.08. The third-order valence-electron chi connectivity index (χ3n) is 4.58. The van der Waals surface area contributed by atoms with Crippen LogP contribution < -0.4 is 14.9 Å². The van der Waals surface area contributed by atoms with E-state index in [2.05, 4.69) is 15.9 Å². The maximum atomic E-state index is 12.8. The number of fused-ring (bicyclic) bond motifs is 1. The lowest BCUT2D eigenvalue weighted by atomic mass is 10.1. The Morgan fingerprint density at radius 1 is 0.966 bits per heavy atom. The van der Waals surface area contributed by atoms with Crippen LogP contribution in [0.3, 0.4) is 0 Å². The van der Waals surface area contributed by atoms with Crippen LogP contribution >= 0.6 is 15.9 Å². The van der Waals surface area contributed by atoms with Gasteiger partial charge >= 0.3 is 0 Å². The molecule has 0 aliphatic heterocycles. The highest BCUT2D eigenvalue weighted by Crippen LogP contribution is 2.27. The molecule has 3 aromatic carbocycles. The standard InChI is InChI=1S/C24H19BrO4/c1-2-17-7-3-4-9-21(17)29-23-15-28-22-13-19(10-11-20(22)24(23)26)27-14-16-6-5-8-18(25)12-16/h3-13,15H,2,14H2,1H3. The predicted octanol–water partition coefficient (Wildman–Crippen LogP) is 6.49. The van der Waals surface area contributed by atoms with E-state index in [9.17, 15) is 4.79 Å². The lowest BCUT2D eigenvalue weighted by molar-refractivity contribution is 0.306. The average molecular weight is 451 g/mol. The maximum absolute atomic E-state index is 12.8. The Morgan fingerprint density at radius 3 is 2.66 bits per heavy atom. The van der Waals surface area contributed by atoms with E-state index in [0.29, 0.717) is 29.1 Å². The largest absolute Gasteiger partial charge is 0.489 e. The SMILES string of the molecule is CCc1ccccc1Oc1coc2cc(OCc3cccc(Br)c3)ccc2c1=O. The Kier molecular flexibility index (Phi) is 5.67. The van der Waals surface area contributed by atoms with Crippen LogP contribution in [0.5, 0.6) is 17.2 Å². The number of benzene rings is 3. The first-order valence-corrected chi connectivity index (χ1v) is 10.1. The first-order valence-electron chi connectivity index (χ1n) is 9.32. The number of para-hydroxylation sites is 1. The van der Waals surface area contributed by atoms with E-state index < -0.39 is 0 Å². The molecule has 146 valence electrons. The molecule has 0 unspecified atom stereocenters. The van der Waals surface area contributed by atoms with Gasteiger partial charge in [0.05, 0.1) is 5.39 Å². The molecule has 0 saturated heterocycles. The van der Waals surface area contributed by atoms with Gasteiger partial charge in [-0.1, -0.05) is 53.2 Å². The van der Waals surface area contributed by atoms with Gasteiger partial charge in [-0.2, -0.15) is 0 Å². The van der Waals surface area contributed by atoms with Gasteiger partial charge in [-0.15, -0.1) is 0 Å². The quantitative estimate of drug-likeness (QED) is 0.336. The summed E-state index contributed by atoms with van der Waals surface area (Å²) >= 11 is 3.45.